The molecule has 2 atom stereocenters. The molecule has 1 rings (SSSR count). The summed E-state index contributed by atoms with van der Waals surface area (Å²) < 4.78 is 4.51. The Labute approximate surface area is 78.9 Å². The van der Waals surface area contributed by atoms with Crippen LogP contribution in [0.4, 0.5) is 0 Å². The van der Waals surface area contributed by atoms with Crippen molar-refractivity contribution in [1.29, 1.82) is 0 Å². The summed E-state index contributed by atoms with van der Waals surface area (Å²) in [6, 6.07) is 0.307. The molecule has 0 bridgehead atoms. The molecule has 0 aliphatic heterocycles. The SMILES string of the molecule is COC(=O)/C=C/C1CCCC(N)C1. The molecule has 74 valence electrons. The molecule has 1 fully saturated rings. The maximum absolute atomic E-state index is 10.8. The van der Waals surface area contributed by atoms with Gasteiger partial charge in [-0.25, -0.2) is 4.79 Å². The minimum absolute atomic E-state index is 0.279. The number of carbonyl (C=O) groups excluding carboxylic acids is 1. The summed E-state index contributed by atoms with van der Waals surface area (Å²) in [7, 11) is 1.39. The topological polar surface area (TPSA) is 52.3 Å². The molecule has 1 aliphatic rings. The fourth-order valence-electron chi connectivity index (χ4n) is 1.72. The minimum atomic E-state index is -0.279. The highest BCUT2D eigenvalue weighted by Crippen LogP contribution is 2.23. The highest BCUT2D eigenvalue weighted by molar-refractivity contribution is 5.81. The van der Waals surface area contributed by atoms with Gasteiger partial charge in [0.1, 0.15) is 0 Å². The molecule has 1 saturated carbocycles. The van der Waals surface area contributed by atoms with Crippen molar-refractivity contribution in [2.45, 2.75) is 31.7 Å². The fraction of sp³-hybridized carbons (Fsp3) is 0.700. The van der Waals surface area contributed by atoms with Crippen molar-refractivity contribution in [2.75, 3.05) is 7.11 Å². The van der Waals surface area contributed by atoms with Crippen LogP contribution in [0.1, 0.15) is 25.7 Å². The normalized spacial score (nSPS) is 29.1. The quantitative estimate of drug-likeness (QED) is 0.517. The molecule has 3 nitrogen and oxygen atoms in total. The molecule has 13 heavy (non-hydrogen) atoms. The van der Waals surface area contributed by atoms with Gasteiger partial charge < -0.3 is 10.5 Å². The molecule has 0 radical (unpaired) electrons. The van der Waals surface area contributed by atoms with Crippen molar-refractivity contribution in [2.24, 2.45) is 11.7 Å². The number of ether oxygens (including phenoxy) is 1. The lowest BCUT2D eigenvalue weighted by Crippen LogP contribution is -2.27. The first kappa shape index (κ1) is 10.3. The van der Waals surface area contributed by atoms with Crippen molar-refractivity contribution >= 4 is 5.97 Å². The third kappa shape index (κ3) is 3.59. The monoisotopic (exact) mass is 183 g/mol. The highest BCUT2D eigenvalue weighted by Gasteiger charge is 2.16. The van der Waals surface area contributed by atoms with E-state index in [-0.39, 0.29) is 5.97 Å². The molecule has 0 aromatic carbocycles. The first-order chi connectivity index (χ1) is 6.22. The Morgan fingerprint density at radius 2 is 2.31 bits per heavy atom. The van der Waals surface area contributed by atoms with Crippen LogP contribution in [-0.2, 0) is 9.53 Å². The predicted molar refractivity (Wildman–Crippen MR) is 51.1 cm³/mol. The van der Waals surface area contributed by atoms with Gasteiger partial charge in [-0.05, 0) is 25.2 Å². The van der Waals surface area contributed by atoms with Gasteiger partial charge in [0.15, 0.2) is 0 Å². The predicted octanol–water partition coefficient (Wildman–Crippen LogP) is 1.23. The largest absolute Gasteiger partial charge is 0.466 e. The van der Waals surface area contributed by atoms with Crippen LogP contribution >= 0.6 is 0 Å². The van der Waals surface area contributed by atoms with E-state index in [9.17, 15) is 4.79 Å². The fourth-order valence-corrected chi connectivity index (χ4v) is 1.72. The first-order valence-electron chi connectivity index (χ1n) is 4.74. The summed E-state index contributed by atoms with van der Waals surface area (Å²) in [5.41, 5.74) is 5.81. The Bertz CT molecular complexity index is 201. The molecule has 2 unspecified atom stereocenters. The molecule has 0 aromatic heterocycles. The van der Waals surface area contributed by atoms with E-state index < -0.39 is 0 Å². The van der Waals surface area contributed by atoms with Gasteiger partial charge in [-0.1, -0.05) is 12.5 Å². The molecule has 3 heteroatoms. The van der Waals surface area contributed by atoms with Gasteiger partial charge in [0, 0.05) is 12.1 Å². The Hall–Kier alpha value is -0.830. The number of allylic oxidation sites excluding steroid dienone is 1. The van der Waals surface area contributed by atoms with Gasteiger partial charge in [0.25, 0.3) is 0 Å². The number of nitrogens with two attached hydrogens (primary N) is 1. The summed E-state index contributed by atoms with van der Waals surface area (Å²) in [4.78, 5) is 10.8. The number of methoxy groups -OCH3 is 1. The van der Waals surface area contributed by atoms with Gasteiger partial charge in [0.05, 0.1) is 7.11 Å². The molecular formula is C10H17NO2. The maximum atomic E-state index is 10.8. The lowest BCUT2D eigenvalue weighted by molar-refractivity contribution is -0.134. The van der Waals surface area contributed by atoms with Gasteiger partial charge in [0.2, 0.25) is 0 Å². The molecule has 2 N–H and O–H groups in total. The van der Waals surface area contributed by atoms with Gasteiger partial charge in [-0.3, -0.25) is 0 Å². The van der Waals surface area contributed by atoms with E-state index >= 15 is 0 Å². The van der Waals surface area contributed by atoms with Gasteiger partial charge >= 0.3 is 5.97 Å². The zero-order chi connectivity index (χ0) is 9.68. The van der Waals surface area contributed by atoms with Crippen LogP contribution in [-0.4, -0.2) is 19.1 Å². The number of esters is 1. The molecule has 0 aromatic rings. The first-order valence-corrected chi connectivity index (χ1v) is 4.74. The van der Waals surface area contributed by atoms with E-state index in [0.717, 1.165) is 25.7 Å². The molecule has 0 amide bonds. The Morgan fingerprint density at radius 3 is 2.92 bits per heavy atom. The zero-order valence-electron chi connectivity index (χ0n) is 8.03. The van der Waals surface area contributed by atoms with Gasteiger partial charge in [-0.15, -0.1) is 0 Å². The Kier molecular flexibility index (Phi) is 3.96. The summed E-state index contributed by atoms with van der Waals surface area (Å²) >= 11 is 0. The van der Waals surface area contributed by atoms with E-state index in [4.69, 9.17) is 5.73 Å². The third-order valence-electron chi connectivity index (χ3n) is 2.46. The van der Waals surface area contributed by atoms with E-state index in [1.807, 2.05) is 6.08 Å². The van der Waals surface area contributed by atoms with Crippen LogP contribution in [0.3, 0.4) is 0 Å². The molecule has 1 aliphatic carbocycles. The summed E-state index contributed by atoms with van der Waals surface area (Å²) in [5.74, 6) is 0.182. The van der Waals surface area contributed by atoms with Crippen LogP contribution in [0.15, 0.2) is 12.2 Å². The number of rotatable bonds is 2. The van der Waals surface area contributed by atoms with Crippen molar-refractivity contribution in [3.05, 3.63) is 12.2 Å². The molecule has 0 spiro atoms. The van der Waals surface area contributed by atoms with E-state index in [2.05, 4.69) is 4.74 Å². The molecular weight excluding hydrogens is 166 g/mol. The van der Waals surface area contributed by atoms with Crippen LogP contribution in [0.5, 0.6) is 0 Å². The van der Waals surface area contributed by atoms with Crippen LogP contribution in [0, 0.1) is 5.92 Å². The lowest BCUT2D eigenvalue weighted by Gasteiger charge is -2.23. The minimum Gasteiger partial charge on any atom is -0.466 e. The number of hydrogen-bond acceptors (Lipinski definition) is 3. The smallest absolute Gasteiger partial charge is 0.330 e. The number of hydrogen-bond donors (Lipinski definition) is 1. The van der Waals surface area contributed by atoms with Gasteiger partial charge in [-0.2, -0.15) is 0 Å². The summed E-state index contributed by atoms with van der Waals surface area (Å²) in [6.45, 7) is 0. The maximum Gasteiger partial charge on any atom is 0.330 e. The second kappa shape index (κ2) is 5.02. The lowest BCUT2D eigenvalue weighted by atomic mass is 9.86. The molecule has 0 heterocycles. The Balaban J connectivity index is 2.35. The average Bonchev–Trinajstić information content (AvgIpc) is 2.14. The van der Waals surface area contributed by atoms with Crippen LogP contribution < -0.4 is 5.73 Å². The average molecular weight is 183 g/mol. The standard InChI is InChI=1S/C10H17NO2/c1-13-10(12)6-5-8-3-2-4-9(11)7-8/h5-6,8-9H,2-4,7,11H2,1H3/b6-5+. The van der Waals surface area contributed by atoms with Crippen molar-refractivity contribution in [3.63, 3.8) is 0 Å². The second-order valence-corrected chi connectivity index (χ2v) is 3.57. The van der Waals surface area contributed by atoms with E-state index in [1.165, 1.54) is 13.2 Å². The second-order valence-electron chi connectivity index (χ2n) is 3.57. The van der Waals surface area contributed by atoms with Crippen molar-refractivity contribution in [3.8, 4) is 0 Å². The summed E-state index contributed by atoms with van der Waals surface area (Å²) in [6.07, 6.45) is 7.84. The van der Waals surface area contributed by atoms with Crippen LogP contribution in [0.25, 0.3) is 0 Å². The highest BCUT2D eigenvalue weighted by atomic mass is 16.5. The van der Waals surface area contributed by atoms with E-state index in [0.29, 0.717) is 12.0 Å². The van der Waals surface area contributed by atoms with Crippen LogP contribution in [0.2, 0.25) is 0 Å². The van der Waals surface area contributed by atoms with Crippen molar-refractivity contribution in [1.82, 2.24) is 0 Å². The Morgan fingerprint density at radius 1 is 1.54 bits per heavy atom. The van der Waals surface area contributed by atoms with E-state index in [1.54, 1.807) is 0 Å². The third-order valence-corrected chi connectivity index (χ3v) is 2.46. The summed E-state index contributed by atoms with van der Waals surface area (Å²) in [5, 5.41) is 0. The van der Waals surface area contributed by atoms with Crippen molar-refractivity contribution < 1.29 is 9.53 Å². The molecule has 0 saturated heterocycles. The number of carbonyl (C=O) groups is 1. The zero-order valence-corrected chi connectivity index (χ0v) is 8.03.